The molecular weight excluding hydrogens is 370 g/mol. The van der Waals surface area contributed by atoms with E-state index >= 15 is 0 Å². The number of ether oxygens (including phenoxy) is 1. The van der Waals surface area contributed by atoms with Gasteiger partial charge in [-0.2, -0.15) is 4.98 Å². The second kappa shape index (κ2) is 8.34. The van der Waals surface area contributed by atoms with Gasteiger partial charge < -0.3 is 24.7 Å². The molecule has 2 N–H and O–H groups in total. The third kappa shape index (κ3) is 4.08. The molecule has 160 valence electrons. The third-order valence-electron chi connectivity index (χ3n) is 7.32. The molecule has 0 amide bonds. The maximum absolute atomic E-state index is 10.8. The lowest BCUT2D eigenvalue weighted by atomic mass is 9.77. The van der Waals surface area contributed by atoms with E-state index in [9.17, 15) is 10.2 Å². The molecule has 4 atom stereocenters. The van der Waals surface area contributed by atoms with Crippen LogP contribution >= 0.6 is 0 Å². The molecule has 8 heteroatoms. The van der Waals surface area contributed by atoms with Crippen molar-refractivity contribution >= 4 is 11.8 Å². The lowest BCUT2D eigenvalue weighted by molar-refractivity contribution is -0.0520. The number of rotatable bonds is 3. The Balaban J connectivity index is 1.25. The predicted molar refractivity (Wildman–Crippen MR) is 110 cm³/mol. The molecule has 29 heavy (non-hydrogen) atoms. The van der Waals surface area contributed by atoms with Crippen LogP contribution in [-0.4, -0.2) is 95.8 Å². The van der Waals surface area contributed by atoms with Gasteiger partial charge in [0.15, 0.2) is 0 Å². The number of aliphatic hydroxyl groups is 2. The van der Waals surface area contributed by atoms with E-state index in [0.717, 1.165) is 89.9 Å². The fourth-order valence-electron chi connectivity index (χ4n) is 5.63. The van der Waals surface area contributed by atoms with Crippen molar-refractivity contribution in [2.75, 3.05) is 62.3 Å². The van der Waals surface area contributed by atoms with E-state index in [1.807, 2.05) is 12.3 Å². The number of anilines is 2. The summed E-state index contributed by atoms with van der Waals surface area (Å²) in [6.45, 7) is 7.00. The van der Waals surface area contributed by atoms with Gasteiger partial charge in [-0.05, 0) is 43.6 Å². The van der Waals surface area contributed by atoms with E-state index in [1.165, 1.54) is 0 Å². The first kappa shape index (κ1) is 19.5. The maximum atomic E-state index is 10.8. The molecule has 4 heterocycles. The van der Waals surface area contributed by atoms with Crippen molar-refractivity contribution in [1.29, 1.82) is 0 Å². The summed E-state index contributed by atoms with van der Waals surface area (Å²) >= 11 is 0. The van der Waals surface area contributed by atoms with E-state index in [4.69, 9.17) is 9.72 Å². The molecule has 0 radical (unpaired) electrons. The molecule has 4 aliphatic rings. The normalized spacial score (nSPS) is 34.4. The molecule has 8 nitrogen and oxygen atoms in total. The average Bonchev–Trinajstić information content (AvgIpc) is 3.17. The van der Waals surface area contributed by atoms with Crippen LogP contribution in [-0.2, 0) is 4.74 Å². The number of piperidine rings is 1. The van der Waals surface area contributed by atoms with Crippen LogP contribution in [0.5, 0.6) is 0 Å². The monoisotopic (exact) mass is 403 g/mol. The number of morpholine rings is 1. The zero-order chi connectivity index (χ0) is 19.8. The van der Waals surface area contributed by atoms with Crippen molar-refractivity contribution < 1.29 is 14.9 Å². The van der Waals surface area contributed by atoms with Crippen molar-refractivity contribution in [3.63, 3.8) is 0 Å². The first-order valence-electron chi connectivity index (χ1n) is 11.2. The Bertz CT molecular complexity index is 693. The lowest BCUT2D eigenvalue weighted by Crippen LogP contribution is -2.53. The Morgan fingerprint density at radius 3 is 2.41 bits per heavy atom. The molecular formula is C21H33N5O3. The maximum Gasteiger partial charge on any atom is 0.227 e. The van der Waals surface area contributed by atoms with E-state index in [2.05, 4.69) is 19.7 Å². The van der Waals surface area contributed by atoms with E-state index in [0.29, 0.717) is 11.8 Å². The number of fused-ring (bicyclic) bond motifs is 1. The van der Waals surface area contributed by atoms with Crippen LogP contribution in [0.15, 0.2) is 12.3 Å². The molecule has 5 rings (SSSR count). The summed E-state index contributed by atoms with van der Waals surface area (Å²) in [4.78, 5) is 16.4. The van der Waals surface area contributed by atoms with Crippen LogP contribution < -0.4 is 9.80 Å². The summed E-state index contributed by atoms with van der Waals surface area (Å²) in [6.07, 6.45) is 4.94. The number of aromatic nitrogens is 2. The molecule has 1 aliphatic carbocycles. The van der Waals surface area contributed by atoms with Gasteiger partial charge in [-0.15, -0.1) is 0 Å². The average molecular weight is 404 g/mol. The minimum Gasteiger partial charge on any atom is -0.393 e. The molecule has 1 aromatic heterocycles. The molecule has 3 aliphatic heterocycles. The van der Waals surface area contributed by atoms with Crippen LogP contribution in [0.4, 0.5) is 11.8 Å². The van der Waals surface area contributed by atoms with Crippen molar-refractivity contribution in [1.82, 2.24) is 14.9 Å². The molecule has 1 saturated carbocycles. The topological polar surface area (TPSA) is 85.2 Å². The fraction of sp³-hybridized carbons (Fsp3) is 0.810. The first-order valence-corrected chi connectivity index (χ1v) is 11.2. The third-order valence-corrected chi connectivity index (χ3v) is 7.32. The molecule has 1 aromatic rings. The Morgan fingerprint density at radius 2 is 1.66 bits per heavy atom. The number of hydrogen-bond acceptors (Lipinski definition) is 8. The highest BCUT2D eigenvalue weighted by molar-refractivity contribution is 5.45. The highest BCUT2D eigenvalue weighted by Gasteiger charge is 2.44. The molecule has 4 fully saturated rings. The second-order valence-electron chi connectivity index (χ2n) is 9.11. The molecule has 0 bridgehead atoms. The minimum absolute atomic E-state index is 0.180. The minimum atomic E-state index is -0.249. The van der Waals surface area contributed by atoms with Crippen molar-refractivity contribution in [2.45, 2.75) is 43.9 Å². The Morgan fingerprint density at radius 1 is 0.931 bits per heavy atom. The summed E-state index contributed by atoms with van der Waals surface area (Å²) in [6, 6.07) is 2.23. The van der Waals surface area contributed by atoms with Gasteiger partial charge in [0.05, 0.1) is 25.4 Å². The van der Waals surface area contributed by atoms with Gasteiger partial charge in [-0.3, -0.25) is 4.90 Å². The summed E-state index contributed by atoms with van der Waals surface area (Å²) in [5.74, 6) is 2.87. The van der Waals surface area contributed by atoms with Crippen LogP contribution in [0.3, 0.4) is 0 Å². The van der Waals surface area contributed by atoms with E-state index in [1.54, 1.807) is 0 Å². The number of hydrogen-bond donors (Lipinski definition) is 2. The summed E-state index contributed by atoms with van der Waals surface area (Å²) in [7, 11) is 0. The van der Waals surface area contributed by atoms with Gasteiger partial charge >= 0.3 is 0 Å². The van der Waals surface area contributed by atoms with Crippen LogP contribution in [0.1, 0.15) is 25.7 Å². The largest absolute Gasteiger partial charge is 0.393 e. The predicted octanol–water partition coefficient (Wildman–Crippen LogP) is 0.346. The van der Waals surface area contributed by atoms with Gasteiger partial charge in [0.2, 0.25) is 5.95 Å². The standard InChI is InChI=1S/C21H33N5O3/c27-17-2-5-25(6-3-17)20-1-4-22-21(23-20)26-13-15-11-18(19(28)12-16(15)14-26)24-7-9-29-10-8-24/h1,4,15-19,27-28H,2-3,5-14H2/t15-,16+,18-,19-/m1/s1. The smallest absolute Gasteiger partial charge is 0.227 e. The van der Waals surface area contributed by atoms with Gasteiger partial charge in [-0.1, -0.05) is 0 Å². The highest BCUT2D eigenvalue weighted by atomic mass is 16.5. The Kier molecular flexibility index (Phi) is 5.60. The summed E-state index contributed by atoms with van der Waals surface area (Å²) in [5, 5.41) is 20.6. The fourth-order valence-corrected chi connectivity index (χ4v) is 5.63. The summed E-state index contributed by atoms with van der Waals surface area (Å²) in [5.41, 5.74) is 0. The lowest BCUT2D eigenvalue weighted by Gasteiger charge is -2.43. The van der Waals surface area contributed by atoms with Crippen LogP contribution in [0.25, 0.3) is 0 Å². The van der Waals surface area contributed by atoms with Gasteiger partial charge in [0, 0.05) is 51.5 Å². The van der Waals surface area contributed by atoms with Gasteiger partial charge in [0.25, 0.3) is 0 Å². The number of aliphatic hydroxyl groups excluding tert-OH is 2. The van der Waals surface area contributed by atoms with Gasteiger partial charge in [-0.25, -0.2) is 4.98 Å². The highest BCUT2D eigenvalue weighted by Crippen LogP contribution is 2.39. The number of nitrogens with zero attached hydrogens (tertiary/aromatic N) is 5. The van der Waals surface area contributed by atoms with Crippen molar-refractivity contribution in [2.24, 2.45) is 11.8 Å². The van der Waals surface area contributed by atoms with Crippen LogP contribution in [0, 0.1) is 11.8 Å². The van der Waals surface area contributed by atoms with E-state index in [-0.39, 0.29) is 18.2 Å². The zero-order valence-corrected chi connectivity index (χ0v) is 17.1. The summed E-state index contributed by atoms with van der Waals surface area (Å²) < 4.78 is 5.49. The van der Waals surface area contributed by atoms with Crippen LogP contribution in [0.2, 0.25) is 0 Å². The molecule has 3 saturated heterocycles. The molecule has 0 unspecified atom stereocenters. The molecule has 0 aromatic carbocycles. The van der Waals surface area contributed by atoms with E-state index < -0.39 is 0 Å². The van der Waals surface area contributed by atoms with Crippen molar-refractivity contribution in [3.8, 4) is 0 Å². The van der Waals surface area contributed by atoms with Crippen molar-refractivity contribution in [3.05, 3.63) is 12.3 Å². The zero-order valence-electron chi connectivity index (χ0n) is 17.1. The second-order valence-corrected chi connectivity index (χ2v) is 9.11. The quantitative estimate of drug-likeness (QED) is 0.748. The SMILES string of the molecule is OC1CCN(c2ccnc(N3C[C@H]4C[C@@H](N5CCOCC5)[C@H](O)C[C@H]4C3)n2)CC1. The van der Waals surface area contributed by atoms with Gasteiger partial charge in [0.1, 0.15) is 5.82 Å². The first-order chi connectivity index (χ1) is 14.2. The Hall–Kier alpha value is -1.48. The Labute approximate surface area is 172 Å². The molecule has 0 spiro atoms.